The second kappa shape index (κ2) is 6.67. The molecule has 0 spiro atoms. The van der Waals surface area contributed by atoms with Crippen LogP contribution < -0.4 is 5.32 Å². The molecule has 0 saturated carbocycles. The van der Waals surface area contributed by atoms with Crippen molar-refractivity contribution < 1.29 is 4.39 Å². The molecular formula is C18H22FN. The lowest BCUT2D eigenvalue weighted by Gasteiger charge is -2.21. The summed E-state index contributed by atoms with van der Waals surface area (Å²) >= 11 is 0. The molecule has 106 valence electrons. The molecular weight excluding hydrogens is 249 g/mol. The number of nitrogens with one attached hydrogen (secondary N) is 1. The summed E-state index contributed by atoms with van der Waals surface area (Å²) in [6, 6.07) is 13.8. The van der Waals surface area contributed by atoms with Gasteiger partial charge in [-0.25, -0.2) is 4.39 Å². The molecule has 2 heteroatoms. The van der Waals surface area contributed by atoms with E-state index in [4.69, 9.17) is 0 Å². The predicted octanol–water partition coefficient (Wildman–Crippen LogP) is 4.34. The summed E-state index contributed by atoms with van der Waals surface area (Å²) in [7, 11) is 0. The van der Waals surface area contributed by atoms with Gasteiger partial charge in [0.15, 0.2) is 0 Å². The van der Waals surface area contributed by atoms with Gasteiger partial charge in [0.05, 0.1) is 0 Å². The summed E-state index contributed by atoms with van der Waals surface area (Å²) < 4.78 is 13.2. The average molecular weight is 271 g/mol. The van der Waals surface area contributed by atoms with Crippen LogP contribution in [0.4, 0.5) is 4.39 Å². The molecule has 0 aliphatic carbocycles. The first kappa shape index (κ1) is 14.7. The van der Waals surface area contributed by atoms with Crippen molar-refractivity contribution >= 4 is 0 Å². The number of halogens is 1. The van der Waals surface area contributed by atoms with Crippen molar-refractivity contribution in [3.05, 3.63) is 70.5 Å². The van der Waals surface area contributed by atoms with Gasteiger partial charge in [-0.3, -0.25) is 0 Å². The van der Waals surface area contributed by atoms with Crippen LogP contribution in [0.5, 0.6) is 0 Å². The third kappa shape index (κ3) is 3.45. The number of likely N-dealkylation sites (N-methyl/N-ethyl adjacent to an activating group) is 1. The molecule has 2 aromatic carbocycles. The molecule has 0 radical (unpaired) electrons. The normalized spacial score (nSPS) is 12.4. The van der Waals surface area contributed by atoms with Gasteiger partial charge < -0.3 is 5.32 Å². The van der Waals surface area contributed by atoms with E-state index in [9.17, 15) is 4.39 Å². The maximum atomic E-state index is 13.2. The van der Waals surface area contributed by atoms with E-state index >= 15 is 0 Å². The molecule has 1 atom stereocenters. The molecule has 0 heterocycles. The fraction of sp³-hybridized carbons (Fsp3) is 0.333. The molecule has 2 aromatic rings. The van der Waals surface area contributed by atoms with E-state index in [0.29, 0.717) is 0 Å². The molecule has 0 amide bonds. The first-order valence-corrected chi connectivity index (χ1v) is 7.15. The van der Waals surface area contributed by atoms with Crippen molar-refractivity contribution in [2.24, 2.45) is 0 Å². The monoisotopic (exact) mass is 271 g/mol. The van der Waals surface area contributed by atoms with Gasteiger partial charge in [-0.15, -0.1) is 0 Å². The standard InChI is InChI=1S/C18H22FN/c1-4-20-18(17-8-6-5-7-13(17)2)12-15-9-10-16(19)11-14(15)3/h5-11,18,20H,4,12H2,1-3H3. The zero-order valence-electron chi connectivity index (χ0n) is 12.4. The number of hydrogen-bond donors (Lipinski definition) is 1. The average Bonchev–Trinajstić information content (AvgIpc) is 2.42. The van der Waals surface area contributed by atoms with E-state index < -0.39 is 0 Å². The molecule has 0 aromatic heterocycles. The zero-order chi connectivity index (χ0) is 14.5. The van der Waals surface area contributed by atoms with Crippen LogP contribution in [0.1, 0.15) is 35.2 Å². The first-order chi connectivity index (χ1) is 9.61. The van der Waals surface area contributed by atoms with Crippen molar-refractivity contribution in [3.63, 3.8) is 0 Å². The quantitative estimate of drug-likeness (QED) is 0.853. The third-order valence-corrected chi connectivity index (χ3v) is 3.74. The molecule has 0 aliphatic heterocycles. The molecule has 0 saturated heterocycles. The van der Waals surface area contributed by atoms with Crippen LogP contribution in [-0.2, 0) is 6.42 Å². The van der Waals surface area contributed by atoms with Gasteiger partial charge in [0.25, 0.3) is 0 Å². The van der Waals surface area contributed by atoms with Crippen molar-refractivity contribution in [1.29, 1.82) is 0 Å². The molecule has 2 rings (SSSR count). The summed E-state index contributed by atoms with van der Waals surface area (Å²) in [6.45, 7) is 7.14. The van der Waals surface area contributed by atoms with Crippen molar-refractivity contribution in [2.75, 3.05) is 6.54 Å². The number of aryl methyl sites for hydroxylation is 2. The number of rotatable bonds is 5. The second-order valence-corrected chi connectivity index (χ2v) is 5.24. The third-order valence-electron chi connectivity index (χ3n) is 3.74. The number of benzene rings is 2. The molecule has 1 N–H and O–H groups in total. The Bertz CT molecular complexity index is 577. The Morgan fingerprint density at radius 1 is 1.05 bits per heavy atom. The lowest BCUT2D eigenvalue weighted by Crippen LogP contribution is -2.24. The Labute approximate surface area is 120 Å². The van der Waals surface area contributed by atoms with Gasteiger partial charge in [-0.05, 0) is 61.2 Å². The van der Waals surface area contributed by atoms with Crippen LogP contribution in [0.15, 0.2) is 42.5 Å². The van der Waals surface area contributed by atoms with Crippen LogP contribution in [-0.4, -0.2) is 6.54 Å². The molecule has 0 bridgehead atoms. The summed E-state index contributed by atoms with van der Waals surface area (Å²) in [5.74, 6) is -0.165. The Balaban J connectivity index is 2.28. The van der Waals surface area contributed by atoms with Gasteiger partial charge in [0, 0.05) is 6.04 Å². The van der Waals surface area contributed by atoms with E-state index in [1.807, 2.05) is 13.0 Å². The minimum atomic E-state index is -0.165. The van der Waals surface area contributed by atoms with Gasteiger partial charge in [0.2, 0.25) is 0 Å². The van der Waals surface area contributed by atoms with Crippen LogP contribution in [0.25, 0.3) is 0 Å². The minimum absolute atomic E-state index is 0.165. The smallest absolute Gasteiger partial charge is 0.123 e. The zero-order valence-corrected chi connectivity index (χ0v) is 12.4. The first-order valence-electron chi connectivity index (χ1n) is 7.15. The predicted molar refractivity (Wildman–Crippen MR) is 82.4 cm³/mol. The minimum Gasteiger partial charge on any atom is -0.310 e. The molecule has 20 heavy (non-hydrogen) atoms. The van der Waals surface area contributed by atoms with Gasteiger partial charge in [-0.1, -0.05) is 37.3 Å². The van der Waals surface area contributed by atoms with Crippen LogP contribution in [0.3, 0.4) is 0 Å². The summed E-state index contributed by atoms with van der Waals surface area (Å²) in [5, 5.41) is 3.54. The number of hydrogen-bond acceptors (Lipinski definition) is 1. The second-order valence-electron chi connectivity index (χ2n) is 5.24. The van der Waals surface area contributed by atoms with Gasteiger partial charge in [-0.2, -0.15) is 0 Å². The van der Waals surface area contributed by atoms with E-state index in [1.54, 1.807) is 12.1 Å². The highest BCUT2D eigenvalue weighted by Crippen LogP contribution is 2.23. The van der Waals surface area contributed by atoms with Gasteiger partial charge in [0.1, 0.15) is 5.82 Å². The van der Waals surface area contributed by atoms with E-state index in [1.165, 1.54) is 16.7 Å². The van der Waals surface area contributed by atoms with Crippen LogP contribution >= 0.6 is 0 Å². The fourth-order valence-corrected chi connectivity index (χ4v) is 2.62. The van der Waals surface area contributed by atoms with Crippen molar-refractivity contribution in [3.8, 4) is 0 Å². The largest absolute Gasteiger partial charge is 0.310 e. The van der Waals surface area contributed by atoms with E-state index in [-0.39, 0.29) is 11.9 Å². The SMILES string of the molecule is CCNC(Cc1ccc(F)cc1C)c1ccccc1C. The maximum absolute atomic E-state index is 13.2. The Hall–Kier alpha value is -1.67. The lowest BCUT2D eigenvalue weighted by atomic mass is 9.93. The summed E-state index contributed by atoms with van der Waals surface area (Å²) in [5.41, 5.74) is 4.82. The highest BCUT2D eigenvalue weighted by Gasteiger charge is 2.14. The Morgan fingerprint density at radius 2 is 1.80 bits per heavy atom. The van der Waals surface area contributed by atoms with E-state index in [2.05, 4.69) is 43.4 Å². The van der Waals surface area contributed by atoms with Crippen LogP contribution in [0, 0.1) is 19.7 Å². The molecule has 1 nitrogen and oxygen atoms in total. The van der Waals surface area contributed by atoms with E-state index in [0.717, 1.165) is 18.5 Å². The maximum Gasteiger partial charge on any atom is 0.123 e. The Morgan fingerprint density at radius 3 is 2.45 bits per heavy atom. The highest BCUT2D eigenvalue weighted by molar-refractivity contribution is 5.33. The summed E-state index contributed by atoms with van der Waals surface area (Å²) in [6.07, 6.45) is 0.880. The topological polar surface area (TPSA) is 12.0 Å². The highest BCUT2D eigenvalue weighted by atomic mass is 19.1. The molecule has 1 unspecified atom stereocenters. The van der Waals surface area contributed by atoms with Crippen molar-refractivity contribution in [1.82, 2.24) is 5.32 Å². The van der Waals surface area contributed by atoms with Crippen LogP contribution in [0.2, 0.25) is 0 Å². The van der Waals surface area contributed by atoms with Crippen molar-refractivity contribution in [2.45, 2.75) is 33.2 Å². The fourth-order valence-electron chi connectivity index (χ4n) is 2.62. The Kier molecular flexibility index (Phi) is 4.91. The summed E-state index contributed by atoms with van der Waals surface area (Å²) in [4.78, 5) is 0. The van der Waals surface area contributed by atoms with Gasteiger partial charge >= 0.3 is 0 Å². The molecule has 0 fully saturated rings. The lowest BCUT2D eigenvalue weighted by molar-refractivity contribution is 0.545. The molecule has 0 aliphatic rings.